The number of amides is 1. The molecule has 0 radical (unpaired) electrons. The van der Waals surface area contributed by atoms with Crippen LogP contribution in [0.2, 0.25) is 5.02 Å². The van der Waals surface area contributed by atoms with Gasteiger partial charge in [0.05, 0.1) is 35.4 Å². The molecule has 8 nitrogen and oxygen atoms in total. The van der Waals surface area contributed by atoms with Crippen molar-refractivity contribution in [3.05, 3.63) is 62.5 Å². The Bertz CT molecular complexity index is 1240. The maximum Gasteiger partial charge on any atom is 0.433 e. The van der Waals surface area contributed by atoms with Crippen LogP contribution in [0.3, 0.4) is 0 Å². The van der Waals surface area contributed by atoms with Crippen molar-refractivity contribution in [2.45, 2.75) is 12.7 Å². The first-order chi connectivity index (χ1) is 14.8. The quantitative estimate of drug-likeness (QED) is 0.468. The molecule has 0 atom stereocenters. The number of carbonyl (C=O) groups is 1. The minimum atomic E-state index is -4.61. The third-order valence-corrected chi connectivity index (χ3v) is 6.27. The molecule has 32 heavy (non-hydrogen) atoms. The molecular weight excluding hydrogens is 559 g/mol. The van der Waals surface area contributed by atoms with Crippen LogP contribution in [0.4, 0.5) is 24.0 Å². The molecule has 3 aromatic heterocycles. The topological polar surface area (TPSA) is 105 Å². The van der Waals surface area contributed by atoms with E-state index in [0.717, 1.165) is 29.9 Å². The van der Waals surface area contributed by atoms with E-state index in [4.69, 9.17) is 11.6 Å². The van der Waals surface area contributed by atoms with E-state index >= 15 is 0 Å². The lowest BCUT2D eigenvalue weighted by molar-refractivity contribution is -0.141. The molecule has 3 aromatic rings. The maximum atomic E-state index is 12.9. The molecule has 0 saturated heterocycles. The standard InChI is InChI=1S/C17H12BrClF3N5O3S2/c1-32(29,30)26-15(28)13-14(18)31-16(25-13)27(8-10-3-2-9(19)6-23-10)11-4-5-12(24-7-11)17(20,21)22/h2-7H,8H2,1H3,(H,26,28). The fourth-order valence-corrected chi connectivity index (χ4v) is 4.47. The summed E-state index contributed by atoms with van der Waals surface area (Å²) in [4.78, 5) is 25.5. The Morgan fingerprint density at radius 3 is 2.47 bits per heavy atom. The fourth-order valence-electron chi connectivity index (χ4n) is 2.41. The Balaban J connectivity index is 2.02. The van der Waals surface area contributed by atoms with Crippen LogP contribution in [-0.4, -0.2) is 35.5 Å². The van der Waals surface area contributed by atoms with Gasteiger partial charge in [0.2, 0.25) is 10.0 Å². The summed E-state index contributed by atoms with van der Waals surface area (Å²) in [5.41, 5.74) is -0.530. The first kappa shape index (κ1) is 24.4. The van der Waals surface area contributed by atoms with E-state index in [1.807, 2.05) is 4.72 Å². The number of sulfonamides is 1. The zero-order valence-corrected chi connectivity index (χ0v) is 19.9. The molecule has 0 aliphatic carbocycles. The van der Waals surface area contributed by atoms with Gasteiger partial charge in [-0.05, 0) is 40.2 Å². The van der Waals surface area contributed by atoms with Gasteiger partial charge in [0, 0.05) is 6.20 Å². The number of hydrogen-bond donors (Lipinski definition) is 1. The van der Waals surface area contributed by atoms with Crippen LogP contribution >= 0.6 is 38.9 Å². The van der Waals surface area contributed by atoms with Crippen LogP contribution in [0.25, 0.3) is 0 Å². The van der Waals surface area contributed by atoms with E-state index in [2.05, 4.69) is 30.9 Å². The number of nitrogens with zero attached hydrogens (tertiary/aromatic N) is 4. The highest BCUT2D eigenvalue weighted by atomic mass is 79.9. The number of anilines is 2. The Morgan fingerprint density at radius 2 is 1.94 bits per heavy atom. The molecule has 0 unspecified atom stereocenters. The fraction of sp³-hybridized carbons (Fsp3) is 0.176. The monoisotopic (exact) mass is 569 g/mol. The second-order valence-electron chi connectivity index (χ2n) is 6.28. The van der Waals surface area contributed by atoms with E-state index < -0.39 is 27.8 Å². The molecule has 3 rings (SSSR count). The van der Waals surface area contributed by atoms with Crippen molar-refractivity contribution in [1.82, 2.24) is 19.7 Å². The Kier molecular flexibility index (Phi) is 7.07. The first-order valence-electron chi connectivity index (χ1n) is 8.43. The van der Waals surface area contributed by atoms with Gasteiger partial charge in [-0.2, -0.15) is 13.2 Å². The maximum absolute atomic E-state index is 12.9. The number of pyridine rings is 2. The third-order valence-electron chi connectivity index (χ3n) is 3.76. The lowest BCUT2D eigenvalue weighted by Gasteiger charge is -2.21. The minimum Gasteiger partial charge on any atom is -0.310 e. The molecule has 0 aliphatic rings. The van der Waals surface area contributed by atoms with Crippen LogP contribution < -0.4 is 9.62 Å². The highest BCUT2D eigenvalue weighted by Gasteiger charge is 2.32. The molecule has 0 aromatic carbocycles. The van der Waals surface area contributed by atoms with E-state index in [1.165, 1.54) is 17.2 Å². The molecule has 0 aliphatic heterocycles. The Labute approximate surface area is 197 Å². The molecule has 1 amide bonds. The van der Waals surface area contributed by atoms with E-state index in [9.17, 15) is 26.4 Å². The lowest BCUT2D eigenvalue weighted by Crippen LogP contribution is -2.30. The summed E-state index contributed by atoms with van der Waals surface area (Å²) in [5, 5.41) is 0.585. The summed E-state index contributed by atoms with van der Waals surface area (Å²) in [6, 6.07) is 5.23. The van der Waals surface area contributed by atoms with E-state index in [1.54, 1.807) is 12.1 Å². The highest BCUT2D eigenvalue weighted by molar-refractivity contribution is 9.11. The van der Waals surface area contributed by atoms with Gasteiger partial charge >= 0.3 is 6.18 Å². The Morgan fingerprint density at radius 1 is 1.22 bits per heavy atom. The largest absolute Gasteiger partial charge is 0.433 e. The molecule has 15 heteroatoms. The number of halogens is 5. The van der Waals surface area contributed by atoms with Crippen molar-refractivity contribution >= 4 is 65.6 Å². The second-order valence-corrected chi connectivity index (χ2v) is 10.8. The number of aromatic nitrogens is 3. The van der Waals surface area contributed by atoms with Gasteiger partial charge in [-0.25, -0.2) is 23.1 Å². The predicted octanol–water partition coefficient (Wildman–Crippen LogP) is 4.40. The predicted molar refractivity (Wildman–Crippen MR) is 116 cm³/mol. The first-order valence-corrected chi connectivity index (χ1v) is 12.3. The van der Waals surface area contributed by atoms with Crippen LogP contribution in [0.5, 0.6) is 0 Å². The van der Waals surface area contributed by atoms with E-state index in [0.29, 0.717) is 10.7 Å². The van der Waals surface area contributed by atoms with Crippen LogP contribution in [0, 0.1) is 0 Å². The highest BCUT2D eigenvalue weighted by Crippen LogP contribution is 2.37. The van der Waals surface area contributed by atoms with Crippen molar-refractivity contribution in [1.29, 1.82) is 0 Å². The summed E-state index contributed by atoms with van der Waals surface area (Å²) >= 11 is 10.0. The van der Waals surface area contributed by atoms with Crippen LogP contribution in [0.15, 0.2) is 40.4 Å². The number of thiazole rings is 1. The van der Waals surface area contributed by atoms with Crippen molar-refractivity contribution in [2.24, 2.45) is 0 Å². The van der Waals surface area contributed by atoms with Gasteiger partial charge < -0.3 is 4.90 Å². The van der Waals surface area contributed by atoms with Gasteiger partial charge in [-0.1, -0.05) is 22.9 Å². The van der Waals surface area contributed by atoms with Gasteiger partial charge in [0.25, 0.3) is 5.91 Å². The molecule has 1 N–H and O–H groups in total. The second kappa shape index (κ2) is 9.29. The minimum absolute atomic E-state index is 0.0529. The summed E-state index contributed by atoms with van der Waals surface area (Å²) in [5.74, 6) is -0.961. The summed E-state index contributed by atoms with van der Waals surface area (Å²) in [6.07, 6.45) is -1.37. The number of hydrogen-bond acceptors (Lipinski definition) is 8. The number of alkyl halides is 3. The average molecular weight is 571 g/mol. The van der Waals surface area contributed by atoms with Gasteiger partial charge in [-0.15, -0.1) is 0 Å². The zero-order chi connectivity index (χ0) is 23.7. The summed E-state index contributed by atoms with van der Waals surface area (Å²) in [6.45, 7) is 0.0529. The third kappa shape index (κ3) is 6.15. The number of nitrogens with one attached hydrogen (secondary N) is 1. The smallest absolute Gasteiger partial charge is 0.310 e. The molecule has 0 bridgehead atoms. The van der Waals surface area contributed by atoms with Crippen molar-refractivity contribution in [3.63, 3.8) is 0 Å². The van der Waals surface area contributed by atoms with Crippen LogP contribution in [-0.2, 0) is 22.7 Å². The number of carbonyl (C=O) groups excluding carboxylic acids is 1. The molecule has 0 fully saturated rings. The molecular formula is C17H12BrClF3N5O3S2. The molecule has 170 valence electrons. The normalized spacial score (nSPS) is 11.9. The summed E-state index contributed by atoms with van der Waals surface area (Å²) in [7, 11) is -3.83. The molecule has 0 spiro atoms. The van der Waals surface area contributed by atoms with Gasteiger partial charge in [-0.3, -0.25) is 9.78 Å². The van der Waals surface area contributed by atoms with Gasteiger partial charge in [0.15, 0.2) is 10.8 Å². The van der Waals surface area contributed by atoms with Crippen molar-refractivity contribution < 1.29 is 26.4 Å². The van der Waals surface area contributed by atoms with Crippen molar-refractivity contribution in [3.8, 4) is 0 Å². The van der Waals surface area contributed by atoms with E-state index in [-0.39, 0.29) is 26.8 Å². The van der Waals surface area contributed by atoms with Crippen molar-refractivity contribution in [2.75, 3.05) is 11.2 Å². The van der Waals surface area contributed by atoms with Crippen LogP contribution in [0.1, 0.15) is 21.9 Å². The molecule has 3 heterocycles. The number of rotatable bonds is 6. The summed E-state index contributed by atoms with van der Waals surface area (Å²) < 4.78 is 63.5. The van der Waals surface area contributed by atoms with Gasteiger partial charge in [0.1, 0.15) is 9.48 Å². The zero-order valence-electron chi connectivity index (χ0n) is 15.9. The average Bonchev–Trinajstić information content (AvgIpc) is 3.07. The Hall–Kier alpha value is -2.29. The SMILES string of the molecule is CS(=O)(=O)NC(=O)c1nc(N(Cc2ccc(Cl)cn2)c2ccc(C(F)(F)F)nc2)sc1Br. The lowest BCUT2D eigenvalue weighted by atomic mass is 10.3. The molecule has 0 saturated carbocycles.